The Morgan fingerprint density at radius 3 is 2.65 bits per heavy atom. The fourth-order valence-electron chi connectivity index (χ4n) is 2.25. The zero-order valence-corrected chi connectivity index (χ0v) is 12.9. The van der Waals surface area contributed by atoms with Crippen molar-refractivity contribution in [1.29, 1.82) is 0 Å². The summed E-state index contributed by atoms with van der Waals surface area (Å²) in [5.41, 5.74) is 8.27. The Balaban J connectivity index is 2.36. The highest BCUT2D eigenvalue weighted by molar-refractivity contribution is 5.91. The summed E-state index contributed by atoms with van der Waals surface area (Å²) in [6.45, 7) is 9.43. The number of nitrogens with two attached hydrogens (primary N) is 1. The van der Waals surface area contributed by atoms with Gasteiger partial charge in [0.15, 0.2) is 0 Å². The molecule has 0 saturated carbocycles. The van der Waals surface area contributed by atoms with E-state index >= 15 is 0 Å². The lowest BCUT2D eigenvalue weighted by molar-refractivity contribution is -0.116. The molecule has 1 aromatic carbocycles. The molecule has 3 N–H and O–H groups in total. The van der Waals surface area contributed by atoms with Crippen molar-refractivity contribution in [3.8, 4) is 0 Å². The molecule has 0 fully saturated rings. The second-order valence-electron chi connectivity index (χ2n) is 5.16. The monoisotopic (exact) mass is 277 g/mol. The molecule has 0 aliphatic carbocycles. The molecule has 0 bridgehead atoms. The maximum absolute atomic E-state index is 11.9. The van der Waals surface area contributed by atoms with Crippen LogP contribution in [0.15, 0.2) is 18.2 Å². The smallest absolute Gasteiger partial charge is 0.224 e. The fraction of sp³-hybridized carbons (Fsp3) is 0.562. The Bertz CT molecular complexity index is 432. The highest BCUT2D eigenvalue weighted by atomic mass is 16.1. The van der Waals surface area contributed by atoms with Gasteiger partial charge >= 0.3 is 0 Å². The van der Waals surface area contributed by atoms with Crippen LogP contribution in [0, 0.1) is 6.92 Å². The van der Waals surface area contributed by atoms with E-state index in [2.05, 4.69) is 24.1 Å². The number of carbonyl (C=O) groups is 1. The molecule has 112 valence electrons. The van der Waals surface area contributed by atoms with Gasteiger partial charge in [0.05, 0.1) is 0 Å². The molecule has 0 aliphatic rings. The van der Waals surface area contributed by atoms with Crippen molar-refractivity contribution in [3.05, 3.63) is 23.8 Å². The SMILES string of the molecule is CCCN(CC)CCCC(=O)Nc1ccc(N)cc1C. The molecular formula is C16H27N3O. The molecule has 0 aromatic heterocycles. The van der Waals surface area contributed by atoms with Crippen molar-refractivity contribution in [1.82, 2.24) is 4.90 Å². The van der Waals surface area contributed by atoms with E-state index in [0.717, 1.165) is 49.4 Å². The van der Waals surface area contributed by atoms with Crippen LogP contribution in [0.3, 0.4) is 0 Å². The Labute approximate surface area is 122 Å². The van der Waals surface area contributed by atoms with Gasteiger partial charge in [-0.15, -0.1) is 0 Å². The molecule has 1 aromatic rings. The number of carbonyl (C=O) groups excluding carboxylic acids is 1. The second-order valence-corrected chi connectivity index (χ2v) is 5.16. The highest BCUT2D eigenvalue weighted by Gasteiger charge is 2.06. The minimum atomic E-state index is 0.0745. The maximum atomic E-state index is 11.9. The van der Waals surface area contributed by atoms with Crippen LogP contribution in [0.5, 0.6) is 0 Å². The predicted octanol–water partition coefficient (Wildman–Crippen LogP) is 3.03. The number of nitrogen functional groups attached to an aromatic ring is 1. The van der Waals surface area contributed by atoms with Gasteiger partial charge in [-0.1, -0.05) is 13.8 Å². The van der Waals surface area contributed by atoms with Gasteiger partial charge < -0.3 is 16.0 Å². The number of nitrogens with zero attached hydrogens (tertiary/aromatic N) is 1. The lowest BCUT2D eigenvalue weighted by Gasteiger charge is -2.19. The topological polar surface area (TPSA) is 58.4 Å². The van der Waals surface area contributed by atoms with E-state index in [4.69, 9.17) is 5.73 Å². The predicted molar refractivity (Wildman–Crippen MR) is 85.9 cm³/mol. The first-order valence-corrected chi connectivity index (χ1v) is 7.45. The van der Waals surface area contributed by atoms with Gasteiger partial charge in [-0.3, -0.25) is 4.79 Å². The summed E-state index contributed by atoms with van der Waals surface area (Å²) in [6, 6.07) is 5.54. The number of anilines is 2. The molecule has 1 amide bonds. The van der Waals surface area contributed by atoms with Gasteiger partial charge in [-0.05, 0) is 63.2 Å². The average Bonchev–Trinajstić information content (AvgIpc) is 2.41. The molecule has 1 rings (SSSR count). The number of benzene rings is 1. The lowest BCUT2D eigenvalue weighted by Crippen LogP contribution is -2.26. The summed E-state index contributed by atoms with van der Waals surface area (Å²) in [7, 11) is 0. The first-order chi connectivity index (χ1) is 9.56. The van der Waals surface area contributed by atoms with Crippen LogP contribution in [0.4, 0.5) is 11.4 Å². The number of aryl methyl sites for hydroxylation is 1. The van der Waals surface area contributed by atoms with Crippen molar-refractivity contribution in [3.63, 3.8) is 0 Å². The minimum absolute atomic E-state index is 0.0745. The van der Waals surface area contributed by atoms with Gasteiger partial charge in [-0.2, -0.15) is 0 Å². The van der Waals surface area contributed by atoms with E-state index in [1.807, 2.05) is 25.1 Å². The number of amides is 1. The highest BCUT2D eigenvalue weighted by Crippen LogP contribution is 2.17. The third kappa shape index (κ3) is 5.61. The molecule has 0 atom stereocenters. The van der Waals surface area contributed by atoms with E-state index in [1.165, 1.54) is 0 Å². The Morgan fingerprint density at radius 1 is 1.30 bits per heavy atom. The van der Waals surface area contributed by atoms with Gasteiger partial charge in [-0.25, -0.2) is 0 Å². The van der Waals surface area contributed by atoms with Gasteiger partial charge in [0.1, 0.15) is 0 Å². The van der Waals surface area contributed by atoms with Crippen molar-refractivity contribution in [2.45, 2.75) is 40.0 Å². The van der Waals surface area contributed by atoms with Crippen LogP contribution in [0.1, 0.15) is 38.7 Å². The Morgan fingerprint density at radius 2 is 2.05 bits per heavy atom. The number of nitrogens with one attached hydrogen (secondary N) is 1. The molecule has 0 unspecified atom stereocenters. The summed E-state index contributed by atoms with van der Waals surface area (Å²) in [5.74, 6) is 0.0745. The molecule has 20 heavy (non-hydrogen) atoms. The van der Waals surface area contributed by atoms with Crippen molar-refractivity contribution < 1.29 is 4.79 Å². The number of hydrogen-bond donors (Lipinski definition) is 2. The summed E-state index contributed by atoms with van der Waals surface area (Å²) >= 11 is 0. The van der Waals surface area contributed by atoms with E-state index in [9.17, 15) is 4.79 Å². The standard InChI is InChI=1S/C16H27N3O/c1-4-10-19(5-2)11-6-7-16(20)18-15-9-8-14(17)12-13(15)3/h8-9,12H,4-7,10-11,17H2,1-3H3,(H,18,20). The molecule has 0 saturated heterocycles. The molecule has 0 spiro atoms. The molecule has 0 radical (unpaired) electrons. The van der Waals surface area contributed by atoms with E-state index in [-0.39, 0.29) is 5.91 Å². The summed E-state index contributed by atoms with van der Waals surface area (Å²) in [6.07, 6.45) is 2.61. The van der Waals surface area contributed by atoms with Crippen LogP contribution in [-0.4, -0.2) is 30.4 Å². The summed E-state index contributed by atoms with van der Waals surface area (Å²) in [5, 5.41) is 2.95. The number of rotatable bonds is 8. The molecule has 0 heterocycles. The lowest BCUT2D eigenvalue weighted by atomic mass is 10.1. The minimum Gasteiger partial charge on any atom is -0.399 e. The molecule has 0 aliphatic heterocycles. The Kier molecular flexibility index (Phi) is 7.09. The van der Waals surface area contributed by atoms with Crippen LogP contribution < -0.4 is 11.1 Å². The van der Waals surface area contributed by atoms with Gasteiger partial charge in [0.25, 0.3) is 0 Å². The molecular weight excluding hydrogens is 250 g/mol. The van der Waals surface area contributed by atoms with E-state index in [0.29, 0.717) is 6.42 Å². The first kappa shape index (κ1) is 16.5. The van der Waals surface area contributed by atoms with Crippen LogP contribution in [-0.2, 0) is 4.79 Å². The van der Waals surface area contributed by atoms with Crippen LogP contribution in [0.25, 0.3) is 0 Å². The van der Waals surface area contributed by atoms with Crippen molar-refractivity contribution in [2.24, 2.45) is 0 Å². The first-order valence-electron chi connectivity index (χ1n) is 7.45. The van der Waals surface area contributed by atoms with Crippen molar-refractivity contribution >= 4 is 17.3 Å². The van der Waals surface area contributed by atoms with Gasteiger partial charge in [0, 0.05) is 17.8 Å². The van der Waals surface area contributed by atoms with Crippen LogP contribution >= 0.6 is 0 Å². The summed E-state index contributed by atoms with van der Waals surface area (Å²) in [4.78, 5) is 14.3. The molecule has 4 heteroatoms. The third-order valence-electron chi connectivity index (χ3n) is 3.39. The zero-order valence-electron chi connectivity index (χ0n) is 12.9. The van der Waals surface area contributed by atoms with E-state index in [1.54, 1.807) is 0 Å². The van der Waals surface area contributed by atoms with Crippen molar-refractivity contribution in [2.75, 3.05) is 30.7 Å². The Hall–Kier alpha value is -1.55. The molecule has 4 nitrogen and oxygen atoms in total. The average molecular weight is 277 g/mol. The van der Waals surface area contributed by atoms with E-state index < -0.39 is 0 Å². The quantitative estimate of drug-likeness (QED) is 0.718. The summed E-state index contributed by atoms with van der Waals surface area (Å²) < 4.78 is 0. The second kappa shape index (κ2) is 8.59. The zero-order chi connectivity index (χ0) is 15.0. The van der Waals surface area contributed by atoms with Gasteiger partial charge in [0.2, 0.25) is 5.91 Å². The fourth-order valence-corrected chi connectivity index (χ4v) is 2.25. The largest absolute Gasteiger partial charge is 0.399 e. The van der Waals surface area contributed by atoms with Crippen LogP contribution in [0.2, 0.25) is 0 Å². The number of hydrogen-bond acceptors (Lipinski definition) is 3. The normalized spacial score (nSPS) is 10.8. The third-order valence-corrected chi connectivity index (χ3v) is 3.39. The maximum Gasteiger partial charge on any atom is 0.224 e.